The topological polar surface area (TPSA) is 0 Å². The first-order valence-electron chi connectivity index (χ1n) is 8.64. The highest BCUT2D eigenvalue weighted by Crippen LogP contribution is 2.41. The number of hydrogen-bond acceptors (Lipinski definition) is 0. The van der Waals surface area contributed by atoms with E-state index in [1.807, 2.05) is 5.57 Å². The highest BCUT2D eigenvalue weighted by Gasteiger charge is 2.27. The lowest BCUT2D eigenvalue weighted by molar-refractivity contribution is 0.259. The zero-order valence-corrected chi connectivity index (χ0v) is 12.0. The summed E-state index contributed by atoms with van der Waals surface area (Å²) in [6.45, 7) is 0. The first kappa shape index (κ1) is 12.8. The molecule has 0 N–H and O–H groups in total. The molecule has 0 amide bonds. The molecule has 18 heavy (non-hydrogen) atoms. The van der Waals surface area contributed by atoms with Gasteiger partial charge in [0.05, 0.1) is 0 Å². The molecule has 1 unspecified atom stereocenters. The molecule has 2 fully saturated rings. The monoisotopic (exact) mass is 246 g/mol. The summed E-state index contributed by atoms with van der Waals surface area (Å²) in [7, 11) is 0. The Balaban J connectivity index is 1.64. The Kier molecular flexibility index (Phi) is 4.44. The van der Waals surface area contributed by atoms with Crippen molar-refractivity contribution >= 4 is 0 Å². The molecule has 102 valence electrons. The molecule has 0 aliphatic heterocycles. The van der Waals surface area contributed by atoms with Gasteiger partial charge < -0.3 is 0 Å². The molecule has 0 aromatic carbocycles. The van der Waals surface area contributed by atoms with Crippen LogP contribution in [0.3, 0.4) is 0 Å². The van der Waals surface area contributed by atoms with Crippen molar-refractivity contribution in [2.24, 2.45) is 17.8 Å². The van der Waals surface area contributed by atoms with Gasteiger partial charge in [-0.1, -0.05) is 50.2 Å². The van der Waals surface area contributed by atoms with E-state index in [-0.39, 0.29) is 0 Å². The molecule has 0 saturated heterocycles. The summed E-state index contributed by atoms with van der Waals surface area (Å²) >= 11 is 0. The third-order valence-corrected chi connectivity index (χ3v) is 5.82. The second-order valence-corrected chi connectivity index (χ2v) is 7.03. The summed E-state index contributed by atoms with van der Waals surface area (Å²) in [4.78, 5) is 0. The SMILES string of the molecule is C1=C(C2CCCCC2)CCCC1C1CCCCC1. The van der Waals surface area contributed by atoms with E-state index < -0.39 is 0 Å². The Morgan fingerprint density at radius 1 is 0.667 bits per heavy atom. The van der Waals surface area contributed by atoms with Gasteiger partial charge in [-0.05, 0) is 62.7 Å². The van der Waals surface area contributed by atoms with Crippen LogP contribution in [0.15, 0.2) is 11.6 Å². The van der Waals surface area contributed by atoms with Crippen molar-refractivity contribution in [3.05, 3.63) is 11.6 Å². The molecule has 0 heteroatoms. The second kappa shape index (κ2) is 6.26. The van der Waals surface area contributed by atoms with Crippen molar-refractivity contribution in [1.29, 1.82) is 0 Å². The lowest BCUT2D eigenvalue weighted by atomic mass is 9.71. The summed E-state index contributed by atoms with van der Waals surface area (Å²) in [6, 6.07) is 0. The molecule has 0 heterocycles. The molecule has 0 bridgehead atoms. The smallest absolute Gasteiger partial charge is 0.0202 e. The summed E-state index contributed by atoms with van der Waals surface area (Å²) in [5, 5.41) is 0. The maximum atomic E-state index is 2.77. The summed E-state index contributed by atoms with van der Waals surface area (Å²) in [6.07, 6.45) is 22.3. The molecule has 2 saturated carbocycles. The maximum absolute atomic E-state index is 2.77. The van der Waals surface area contributed by atoms with Gasteiger partial charge in [-0.2, -0.15) is 0 Å². The molecule has 0 nitrogen and oxygen atoms in total. The predicted molar refractivity (Wildman–Crippen MR) is 78.6 cm³/mol. The fraction of sp³-hybridized carbons (Fsp3) is 0.889. The van der Waals surface area contributed by atoms with Crippen molar-refractivity contribution in [2.75, 3.05) is 0 Å². The van der Waals surface area contributed by atoms with Crippen molar-refractivity contribution < 1.29 is 0 Å². The first-order chi connectivity index (χ1) is 8.93. The van der Waals surface area contributed by atoms with Gasteiger partial charge in [0.15, 0.2) is 0 Å². The van der Waals surface area contributed by atoms with Crippen molar-refractivity contribution in [2.45, 2.75) is 83.5 Å². The molecule has 3 aliphatic rings. The van der Waals surface area contributed by atoms with E-state index in [1.54, 1.807) is 0 Å². The Bertz CT molecular complexity index is 276. The van der Waals surface area contributed by atoms with Gasteiger partial charge in [-0.3, -0.25) is 0 Å². The fourth-order valence-corrected chi connectivity index (χ4v) is 4.73. The largest absolute Gasteiger partial charge is 0.0817 e. The Morgan fingerprint density at radius 3 is 2.06 bits per heavy atom. The van der Waals surface area contributed by atoms with Crippen LogP contribution in [-0.4, -0.2) is 0 Å². The van der Waals surface area contributed by atoms with E-state index in [0.29, 0.717) is 0 Å². The Hall–Kier alpha value is -0.260. The molecular weight excluding hydrogens is 216 g/mol. The Morgan fingerprint density at radius 2 is 1.33 bits per heavy atom. The molecule has 0 aromatic rings. The number of hydrogen-bond donors (Lipinski definition) is 0. The van der Waals surface area contributed by atoms with Gasteiger partial charge >= 0.3 is 0 Å². The zero-order valence-electron chi connectivity index (χ0n) is 12.0. The van der Waals surface area contributed by atoms with Crippen molar-refractivity contribution in [3.63, 3.8) is 0 Å². The number of rotatable bonds is 2. The van der Waals surface area contributed by atoms with Gasteiger partial charge in [-0.25, -0.2) is 0 Å². The lowest BCUT2D eigenvalue weighted by Crippen LogP contribution is -2.21. The minimum atomic E-state index is 0.968. The molecule has 3 aliphatic carbocycles. The van der Waals surface area contributed by atoms with E-state index in [1.165, 1.54) is 83.5 Å². The normalized spacial score (nSPS) is 32.2. The van der Waals surface area contributed by atoms with Crippen LogP contribution >= 0.6 is 0 Å². The highest BCUT2D eigenvalue weighted by atomic mass is 14.3. The van der Waals surface area contributed by atoms with Crippen LogP contribution in [0.25, 0.3) is 0 Å². The molecular formula is C18H30. The van der Waals surface area contributed by atoms with Crippen LogP contribution in [0.1, 0.15) is 83.5 Å². The third kappa shape index (κ3) is 3.00. The number of allylic oxidation sites excluding steroid dienone is 2. The maximum Gasteiger partial charge on any atom is -0.0202 e. The fourth-order valence-electron chi connectivity index (χ4n) is 4.73. The van der Waals surface area contributed by atoms with Crippen LogP contribution in [-0.2, 0) is 0 Å². The average molecular weight is 246 g/mol. The highest BCUT2D eigenvalue weighted by molar-refractivity contribution is 5.13. The van der Waals surface area contributed by atoms with Crippen molar-refractivity contribution in [1.82, 2.24) is 0 Å². The van der Waals surface area contributed by atoms with Gasteiger partial charge in [0.2, 0.25) is 0 Å². The summed E-state index contributed by atoms with van der Waals surface area (Å²) in [5.74, 6) is 3.01. The first-order valence-corrected chi connectivity index (χ1v) is 8.64. The van der Waals surface area contributed by atoms with Gasteiger partial charge in [0.25, 0.3) is 0 Å². The van der Waals surface area contributed by atoms with E-state index in [0.717, 1.165) is 17.8 Å². The zero-order chi connectivity index (χ0) is 12.2. The molecule has 1 atom stereocenters. The van der Waals surface area contributed by atoms with Gasteiger partial charge in [0.1, 0.15) is 0 Å². The third-order valence-electron chi connectivity index (χ3n) is 5.82. The van der Waals surface area contributed by atoms with E-state index >= 15 is 0 Å². The van der Waals surface area contributed by atoms with E-state index in [9.17, 15) is 0 Å². The van der Waals surface area contributed by atoms with Crippen LogP contribution in [0.2, 0.25) is 0 Å². The second-order valence-electron chi connectivity index (χ2n) is 7.03. The minimum Gasteiger partial charge on any atom is -0.0817 e. The lowest BCUT2D eigenvalue weighted by Gasteiger charge is -2.34. The molecule has 0 aromatic heterocycles. The van der Waals surface area contributed by atoms with Crippen LogP contribution in [0, 0.1) is 17.8 Å². The van der Waals surface area contributed by atoms with Gasteiger partial charge in [-0.15, -0.1) is 0 Å². The average Bonchev–Trinajstić information content (AvgIpc) is 2.49. The minimum absolute atomic E-state index is 0.968. The predicted octanol–water partition coefficient (Wildman–Crippen LogP) is 5.87. The summed E-state index contributed by atoms with van der Waals surface area (Å²) < 4.78 is 0. The van der Waals surface area contributed by atoms with Crippen LogP contribution < -0.4 is 0 Å². The van der Waals surface area contributed by atoms with Crippen molar-refractivity contribution in [3.8, 4) is 0 Å². The molecule has 3 rings (SSSR count). The summed E-state index contributed by atoms with van der Waals surface area (Å²) in [5.41, 5.74) is 1.89. The quantitative estimate of drug-likeness (QED) is 0.534. The molecule has 0 spiro atoms. The van der Waals surface area contributed by atoms with E-state index in [2.05, 4.69) is 6.08 Å². The van der Waals surface area contributed by atoms with E-state index in [4.69, 9.17) is 0 Å². The molecule has 0 radical (unpaired) electrons. The van der Waals surface area contributed by atoms with Gasteiger partial charge in [0, 0.05) is 0 Å². The van der Waals surface area contributed by atoms with Crippen LogP contribution in [0.5, 0.6) is 0 Å². The Labute approximate surface area is 113 Å². The standard InChI is InChI=1S/C18H30/c1-3-8-15(9-4-1)17-12-7-13-18(14-17)16-10-5-2-6-11-16/h14-17H,1-13H2. The van der Waals surface area contributed by atoms with Crippen LogP contribution in [0.4, 0.5) is 0 Å².